The molecule has 0 aliphatic carbocycles. The van der Waals surface area contributed by atoms with Crippen LogP contribution in [0, 0.1) is 5.41 Å². The van der Waals surface area contributed by atoms with Crippen LogP contribution in [-0.2, 0) is 4.79 Å². The summed E-state index contributed by atoms with van der Waals surface area (Å²) in [6, 6.07) is 5.91. The van der Waals surface area contributed by atoms with Gasteiger partial charge in [-0.3, -0.25) is 0 Å². The van der Waals surface area contributed by atoms with Crippen LogP contribution in [0.5, 0.6) is 5.75 Å². The van der Waals surface area contributed by atoms with Crippen molar-refractivity contribution in [3.05, 3.63) is 35.4 Å². The molecule has 0 aromatic heterocycles. The molecule has 1 atom stereocenters. The topological polar surface area (TPSA) is 66.8 Å². The van der Waals surface area contributed by atoms with Crippen LogP contribution in [0.4, 0.5) is 13.2 Å². The molecule has 1 aliphatic heterocycles. The van der Waals surface area contributed by atoms with Crippen LogP contribution in [0.25, 0.3) is 5.57 Å². The van der Waals surface area contributed by atoms with E-state index in [-0.39, 0.29) is 16.9 Å². The van der Waals surface area contributed by atoms with E-state index in [1.54, 1.807) is 6.07 Å². The Hall–Kier alpha value is -2.02. The number of hydrogen-bond acceptors (Lipinski definition) is 3. The van der Waals surface area contributed by atoms with Gasteiger partial charge in [0.2, 0.25) is 6.10 Å². The van der Waals surface area contributed by atoms with Crippen LogP contribution in [0.3, 0.4) is 0 Å². The molecule has 7 heteroatoms. The highest BCUT2D eigenvalue weighted by Crippen LogP contribution is 2.48. The zero-order valence-electron chi connectivity index (χ0n) is 11.9. The van der Waals surface area contributed by atoms with Crippen LogP contribution < -0.4 is 4.74 Å². The predicted molar refractivity (Wildman–Crippen MR) is 72.3 cm³/mol. The standard InChI is InChI=1S/C15H15F3O4/c1-14(2,7-19)11-8-5-3-4-6-9(8)22-12(15(16,17)18)10(11)13(20)21/h3-6,12,19H,7H2,1-2H3,(H,20,21). The second-order valence-electron chi connectivity index (χ2n) is 5.67. The number of aliphatic carboxylic acids is 1. The van der Waals surface area contributed by atoms with E-state index in [0.29, 0.717) is 0 Å². The Balaban J connectivity index is 2.83. The summed E-state index contributed by atoms with van der Waals surface area (Å²) in [7, 11) is 0. The van der Waals surface area contributed by atoms with Gasteiger partial charge in [-0.05, 0) is 11.6 Å². The predicted octanol–water partition coefficient (Wildman–Crippen LogP) is 2.87. The van der Waals surface area contributed by atoms with E-state index in [1.165, 1.54) is 32.0 Å². The van der Waals surface area contributed by atoms with Crippen LogP contribution in [0.15, 0.2) is 29.8 Å². The van der Waals surface area contributed by atoms with Crippen molar-refractivity contribution in [3.63, 3.8) is 0 Å². The lowest BCUT2D eigenvalue weighted by atomic mass is 9.75. The molecule has 1 aromatic carbocycles. The van der Waals surface area contributed by atoms with Crippen molar-refractivity contribution in [3.8, 4) is 5.75 Å². The molecule has 0 saturated heterocycles. The molecule has 2 rings (SSSR count). The summed E-state index contributed by atoms with van der Waals surface area (Å²) >= 11 is 0. The Morgan fingerprint density at radius 2 is 1.86 bits per heavy atom. The maximum atomic E-state index is 13.2. The molecule has 0 saturated carbocycles. The van der Waals surface area contributed by atoms with Crippen LogP contribution >= 0.6 is 0 Å². The molecule has 0 radical (unpaired) electrons. The quantitative estimate of drug-likeness (QED) is 0.900. The maximum absolute atomic E-state index is 13.2. The molecule has 1 unspecified atom stereocenters. The molecule has 0 bridgehead atoms. The summed E-state index contributed by atoms with van der Waals surface area (Å²) in [5.74, 6) is -1.76. The Kier molecular flexibility index (Phi) is 3.95. The first-order valence-electron chi connectivity index (χ1n) is 6.51. The van der Waals surface area contributed by atoms with Crippen molar-refractivity contribution >= 4 is 11.5 Å². The van der Waals surface area contributed by atoms with Gasteiger partial charge in [-0.2, -0.15) is 13.2 Å². The first-order valence-corrected chi connectivity index (χ1v) is 6.51. The third kappa shape index (κ3) is 2.68. The van der Waals surface area contributed by atoms with Crippen LogP contribution in [-0.4, -0.2) is 35.1 Å². The Morgan fingerprint density at radius 1 is 1.27 bits per heavy atom. The number of fused-ring (bicyclic) bond motifs is 1. The Bertz CT molecular complexity index is 632. The summed E-state index contributed by atoms with van der Waals surface area (Å²) in [5.41, 5.74) is -1.87. The highest BCUT2D eigenvalue weighted by atomic mass is 19.4. The fraction of sp³-hybridized carbons (Fsp3) is 0.400. The molecule has 4 nitrogen and oxygen atoms in total. The number of halogens is 3. The fourth-order valence-corrected chi connectivity index (χ4v) is 2.50. The fourth-order valence-electron chi connectivity index (χ4n) is 2.50. The molecule has 0 spiro atoms. The van der Waals surface area contributed by atoms with E-state index in [1.807, 2.05) is 0 Å². The number of carbonyl (C=O) groups is 1. The van der Waals surface area contributed by atoms with Crippen molar-refractivity contribution in [1.29, 1.82) is 0 Å². The number of aliphatic hydroxyl groups is 1. The summed E-state index contributed by atoms with van der Waals surface area (Å²) in [6.45, 7) is 2.47. The van der Waals surface area contributed by atoms with Gasteiger partial charge in [0, 0.05) is 11.0 Å². The lowest BCUT2D eigenvalue weighted by Gasteiger charge is -2.36. The van der Waals surface area contributed by atoms with Crippen molar-refractivity contribution in [2.24, 2.45) is 5.41 Å². The van der Waals surface area contributed by atoms with Gasteiger partial charge in [-0.25, -0.2) is 4.79 Å². The second-order valence-corrected chi connectivity index (χ2v) is 5.67. The van der Waals surface area contributed by atoms with Gasteiger partial charge in [-0.15, -0.1) is 0 Å². The second kappa shape index (κ2) is 5.31. The molecule has 1 aliphatic rings. The number of alkyl halides is 3. The molecular formula is C15H15F3O4. The average molecular weight is 316 g/mol. The minimum atomic E-state index is -4.88. The van der Waals surface area contributed by atoms with E-state index in [4.69, 9.17) is 4.74 Å². The van der Waals surface area contributed by atoms with Crippen molar-refractivity contribution < 1.29 is 32.9 Å². The lowest BCUT2D eigenvalue weighted by Crippen LogP contribution is -2.43. The monoisotopic (exact) mass is 316 g/mol. The summed E-state index contributed by atoms with van der Waals surface area (Å²) in [6.07, 6.45) is -7.45. The highest BCUT2D eigenvalue weighted by molar-refractivity contribution is 6.00. The van der Waals surface area contributed by atoms with Gasteiger partial charge in [-0.1, -0.05) is 32.0 Å². The molecule has 1 aromatic rings. The molecular weight excluding hydrogens is 301 g/mol. The van der Waals surface area contributed by atoms with Gasteiger partial charge >= 0.3 is 12.1 Å². The molecule has 120 valence electrons. The number of benzene rings is 1. The third-order valence-corrected chi connectivity index (χ3v) is 3.53. The van der Waals surface area contributed by atoms with E-state index >= 15 is 0 Å². The first kappa shape index (κ1) is 16.4. The smallest absolute Gasteiger partial charge is 0.430 e. The van der Waals surface area contributed by atoms with Crippen LogP contribution in [0.2, 0.25) is 0 Å². The van der Waals surface area contributed by atoms with Gasteiger partial charge in [0.05, 0.1) is 12.2 Å². The van der Waals surface area contributed by atoms with E-state index < -0.39 is 35.8 Å². The number of ether oxygens (including phenoxy) is 1. The zero-order valence-corrected chi connectivity index (χ0v) is 11.9. The van der Waals surface area contributed by atoms with Gasteiger partial charge in [0.25, 0.3) is 0 Å². The van der Waals surface area contributed by atoms with Crippen LogP contribution in [0.1, 0.15) is 19.4 Å². The normalized spacial score (nSPS) is 18.7. The number of para-hydroxylation sites is 1. The number of aliphatic hydroxyl groups excluding tert-OH is 1. The number of rotatable bonds is 3. The van der Waals surface area contributed by atoms with Gasteiger partial charge in [0.15, 0.2) is 0 Å². The number of hydrogen-bond donors (Lipinski definition) is 2. The number of carboxylic acids is 1. The lowest BCUT2D eigenvalue weighted by molar-refractivity contribution is -0.187. The summed E-state index contributed by atoms with van der Waals surface area (Å²) in [5, 5.41) is 18.8. The third-order valence-electron chi connectivity index (χ3n) is 3.53. The Labute approximate surface area is 124 Å². The highest BCUT2D eigenvalue weighted by Gasteiger charge is 2.52. The van der Waals surface area contributed by atoms with Crippen molar-refractivity contribution in [2.75, 3.05) is 6.61 Å². The largest absolute Gasteiger partial charge is 0.478 e. The van der Waals surface area contributed by atoms with E-state index in [0.717, 1.165) is 0 Å². The molecule has 0 fully saturated rings. The minimum Gasteiger partial charge on any atom is -0.478 e. The molecule has 22 heavy (non-hydrogen) atoms. The summed E-state index contributed by atoms with van der Waals surface area (Å²) in [4.78, 5) is 11.5. The van der Waals surface area contributed by atoms with Crippen molar-refractivity contribution in [1.82, 2.24) is 0 Å². The van der Waals surface area contributed by atoms with E-state index in [2.05, 4.69) is 0 Å². The Morgan fingerprint density at radius 3 is 2.36 bits per heavy atom. The van der Waals surface area contributed by atoms with Gasteiger partial charge in [0.1, 0.15) is 5.75 Å². The molecule has 0 amide bonds. The summed E-state index contributed by atoms with van der Waals surface area (Å²) < 4.78 is 44.6. The SMILES string of the molecule is CC(C)(CO)C1=C(C(=O)O)C(C(F)(F)F)Oc2ccccc21. The zero-order chi connectivity index (χ0) is 16.7. The minimum absolute atomic E-state index is 0.0497. The number of carboxylic acid groups (broad SMARTS) is 1. The molecule has 1 heterocycles. The maximum Gasteiger partial charge on any atom is 0.430 e. The average Bonchev–Trinajstić information content (AvgIpc) is 2.43. The molecule has 2 N–H and O–H groups in total. The first-order chi connectivity index (χ1) is 10.1. The van der Waals surface area contributed by atoms with Gasteiger partial charge < -0.3 is 14.9 Å². The van der Waals surface area contributed by atoms with E-state index in [9.17, 15) is 28.2 Å². The van der Waals surface area contributed by atoms with Crippen molar-refractivity contribution in [2.45, 2.75) is 26.1 Å².